The van der Waals surface area contributed by atoms with Gasteiger partial charge in [0.05, 0.1) is 10.6 Å². The van der Waals surface area contributed by atoms with Crippen LogP contribution in [-0.4, -0.2) is 49.9 Å². The Morgan fingerprint density at radius 3 is 2.32 bits per heavy atom. The van der Waals surface area contributed by atoms with E-state index in [-0.39, 0.29) is 21.4 Å². The third-order valence-corrected chi connectivity index (χ3v) is 5.38. The van der Waals surface area contributed by atoms with Crippen molar-refractivity contribution in [1.82, 2.24) is 9.62 Å². The Hall–Kier alpha value is -1.64. The molecule has 0 bridgehead atoms. The van der Waals surface area contributed by atoms with Crippen molar-refractivity contribution in [2.75, 3.05) is 14.1 Å². The van der Waals surface area contributed by atoms with E-state index in [1.807, 2.05) is 0 Å². The Bertz CT molecular complexity index is 741. The molecule has 1 amide bonds. The van der Waals surface area contributed by atoms with Crippen LogP contribution in [0.3, 0.4) is 0 Å². The molecule has 2 N–H and O–H groups in total. The molecular weight excluding hydrogens is 332 g/mol. The number of carbonyl (C=O) groups excluding carboxylic acids is 1. The predicted octanol–water partition coefficient (Wildman–Crippen LogP) is 0.937. The van der Waals surface area contributed by atoms with Gasteiger partial charge in [-0.05, 0) is 31.0 Å². The molecule has 0 unspecified atom stereocenters. The highest BCUT2D eigenvalue weighted by molar-refractivity contribution is 7.89. The summed E-state index contributed by atoms with van der Waals surface area (Å²) in [7, 11) is -0.936. The van der Waals surface area contributed by atoms with Gasteiger partial charge in [0, 0.05) is 14.1 Å². The van der Waals surface area contributed by atoms with E-state index >= 15 is 0 Å². The zero-order valence-corrected chi connectivity index (χ0v) is 13.5. The van der Waals surface area contributed by atoms with Gasteiger partial charge in [0.2, 0.25) is 15.9 Å². The second-order valence-corrected chi connectivity index (χ2v) is 7.40. The van der Waals surface area contributed by atoms with Crippen LogP contribution < -0.4 is 4.72 Å². The number of halogens is 1. The van der Waals surface area contributed by atoms with Gasteiger partial charge in [0.25, 0.3) is 0 Å². The minimum Gasteiger partial charge on any atom is -0.478 e. The molecule has 0 aliphatic heterocycles. The summed E-state index contributed by atoms with van der Waals surface area (Å²) in [6.07, 6.45) is 0.822. The average molecular weight is 347 g/mol. The first-order valence-corrected chi connectivity index (χ1v) is 8.24. The van der Waals surface area contributed by atoms with Gasteiger partial charge in [-0.1, -0.05) is 11.6 Å². The molecule has 9 heteroatoms. The van der Waals surface area contributed by atoms with E-state index in [2.05, 4.69) is 4.72 Å². The van der Waals surface area contributed by atoms with Crippen molar-refractivity contribution in [3.63, 3.8) is 0 Å². The number of carboxylic acids is 1. The van der Waals surface area contributed by atoms with Crippen LogP contribution in [0.15, 0.2) is 23.1 Å². The minimum absolute atomic E-state index is 0.116. The van der Waals surface area contributed by atoms with Crippen LogP contribution in [-0.2, 0) is 14.8 Å². The normalized spacial score (nSPS) is 16.1. The maximum absolute atomic E-state index is 12.4. The molecule has 1 aliphatic carbocycles. The lowest BCUT2D eigenvalue weighted by molar-refractivity contribution is -0.131. The van der Waals surface area contributed by atoms with Gasteiger partial charge in [0.15, 0.2) is 0 Å². The first kappa shape index (κ1) is 16.7. The molecule has 1 aromatic carbocycles. The highest BCUT2D eigenvalue weighted by Gasteiger charge is 2.53. The number of likely N-dealkylation sites (N-methyl/N-ethyl adjacent to an activating group) is 1. The molecule has 0 spiro atoms. The second-order valence-electron chi connectivity index (χ2n) is 5.34. The fourth-order valence-corrected chi connectivity index (χ4v) is 4.04. The van der Waals surface area contributed by atoms with E-state index in [9.17, 15) is 18.0 Å². The van der Waals surface area contributed by atoms with Gasteiger partial charge in [-0.2, -0.15) is 4.72 Å². The number of carboxylic acid groups (broad SMARTS) is 1. The Balaban J connectivity index is 2.32. The Labute approximate surface area is 132 Å². The molecule has 0 atom stereocenters. The Morgan fingerprint density at radius 1 is 1.32 bits per heavy atom. The molecule has 1 saturated carbocycles. The highest BCUT2D eigenvalue weighted by atomic mass is 35.5. The molecule has 1 aromatic rings. The quantitative estimate of drug-likeness (QED) is 0.825. The molecule has 0 radical (unpaired) electrons. The first-order valence-electron chi connectivity index (χ1n) is 6.38. The van der Waals surface area contributed by atoms with Crippen molar-refractivity contribution in [2.45, 2.75) is 23.3 Å². The number of hydrogen-bond acceptors (Lipinski definition) is 4. The minimum atomic E-state index is -4.03. The summed E-state index contributed by atoms with van der Waals surface area (Å²) in [6.45, 7) is 0. The largest absolute Gasteiger partial charge is 0.478 e. The Kier molecular flexibility index (Phi) is 4.20. The van der Waals surface area contributed by atoms with Crippen LogP contribution in [0.25, 0.3) is 0 Å². The number of hydrogen-bond donors (Lipinski definition) is 2. The van der Waals surface area contributed by atoms with Crippen LogP contribution in [0, 0.1) is 0 Å². The van der Waals surface area contributed by atoms with E-state index in [0.29, 0.717) is 12.8 Å². The number of sulfonamides is 1. The Morgan fingerprint density at radius 2 is 1.91 bits per heavy atom. The van der Waals surface area contributed by atoms with Crippen molar-refractivity contribution in [1.29, 1.82) is 0 Å². The average Bonchev–Trinajstić information content (AvgIpc) is 3.17. The number of nitrogens with one attached hydrogen (secondary N) is 1. The van der Waals surface area contributed by atoms with Gasteiger partial charge in [-0.15, -0.1) is 0 Å². The van der Waals surface area contributed by atoms with E-state index < -0.39 is 21.5 Å². The maximum atomic E-state index is 12.4. The van der Waals surface area contributed by atoms with Crippen molar-refractivity contribution in [3.8, 4) is 0 Å². The van der Waals surface area contributed by atoms with Gasteiger partial charge >= 0.3 is 5.97 Å². The number of rotatable bonds is 5. The smallest absolute Gasteiger partial charge is 0.335 e. The van der Waals surface area contributed by atoms with Crippen LogP contribution >= 0.6 is 11.6 Å². The zero-order chi connectivity index (χ0) is 16.7. The molecule has 0 saturated heterocycles. The summed E-state index contributed by atoms with van der Waals surface area (Å²) in [5, 5.41) is 8.65. The van der Waals surface area contributed by atoms with Gasteiger partial charge in [0.1, 0.15) is 10.4 Å². The van der Waals surface area contributed by atoms with Crippen molar-refractivity contribution >= 4 is 33.5 Å². The summed E-state index contributed by atoms with van der Waals surface area (Å²) < 4.78 is 27.2. The fraction of sp³-hybridized carbons (Fsp3) is 0.385. The van der Waals surface area contributed by atoms with Crippen molar-refractivity contribution in [3.05, 3.63) is 28.8 Å². The highest BCUT2D eigenvalue weighted by Crippen LogP contribution is 2.39. The topological polar surface area (TPSA) is 104 Å². The van der Waals surface area contributed by atoms with E-state index in [0.717, 1.165) is 18.2 Å². The lowest BCUT2D eigenvalue weighted by atomic mass is 10.2. The number of amides is 1. The predicted molar refractivity (Wildman–Crippen MR) is 79.4 cm³/mol. The summed E-state index contributed by atoms with van der Waals surface area (Å²) >= 11 is 5.87. The summed E-state index contributed by atoms with van der Waals surface area (Å²) in [6, 6.07) is 3.33. The van der Waals surface area contributed by atoms with Crippen LogP contribution in [0.1, 0.15) is 23.2 Å². The van der Waals surface area contributed by atoms with E-state index in [4.69, 9.17) is 16.7 Å². The number of nitrogens with zero attached hydrogens (tertiary/aromatic N) is 1. The molecular formula is C13H15ClN2O5S. The molecule has 22 heavy (non-hydrogen) atoms. The van der Waals surface area contributed by atoms with Crippen molar-refractivity contribution in [2.24, 2.45) is 0 Å². The number of carbonyl (C=O) groups is 2. The standard InChI is InChI=1S/C13H15ClN2O5S/c1-16(2)12(19)13(5-6-13)15-22(20,21)10-4-3-8(11(17)18)7-9(10)14/h3-4,7,15H,5-6H2,1-2H3,(H,17,18). The molecule has 0 heterocycles. The molecule has 0 aromatic heterocycles. The SMILES string of the molecule is CN(C)C(=O)C1(NS(=O)(=O)c2ccc(C(=O)O)cc2Cl)CC1. The van der Waals surface area contributed by atoms with Gasteiger partial charge < -0.3 is 10.0 Å². The molecule has 120 valence electrons. The molecule has 1 fully saturated rings. The lowest BCUT2D eigenvalue weighted by Crippen LogP contribution is -2.48. The lowest BCUT2D eigenvalue weighted by Gasteiger charge is -2.21. The monoisotopic (exact) mass is 346 g/mol. The van der Waals surface area contributed by atoms with Crippen molar-refractivity contribution < 1.29 is 23.1 Å². The van der Waals surface area contributed by atoms with E-state index in [1.165, 1.54) is 4.90 Å². The molecule has 2 rings (SSSR count). The van der Waals surface area contributed by atoms with E-state index in [1.54, 1.807) is 14.1 Å². The zero-order valence-electron chi connectivity index (χ0n) is 12.0. The molecule has 1 aliphatic rings. The third-order valence-electron chi connectivity index (χ3n) is 3.36. The van der Waals surface area contributed by atoms with Gasteiger partial charge in [-0.25, -0.2) is 13.2 Å². The summed E-state index contributed by atoms with van der Waals surface area (Å²) in [5.41, 5.74) is -1.24. The summed E-state index contributed by atoms with van der Waals surface area (Å²) in [4.78, 5) is 24.0. The fourth-order valence-electron chi connectivity index (χ4n) is 2.08. The number of aromatic carboxylic acids is 1. The summed E-state index contributed by atoms with van der Waals surface area (Å²) in [5.74, 6) is -1.53. The van der Waals surface area contributed by atoms with Gasteiger partial charge in [-0.3, -0.25) is 4.79 Å². The second kappa shape index (κ2) is 5.53. The van der Waals surface area contributed by atoms with Crippen LogP contribution in [0.4, 0.5) is 0 Å². The van der Waals surface area contributed by atoms with Crippen LogP contribution in [0.5, 0.6) is 0 Å². The van der Waals surface area contributed by atoms with Crippen LogP contribution in [0.2, 0.25) is 5.02 Å². The maximum Gasteiger partial charge on any atom is 0.335 e. The molecule has 7 nitrogen and oxygen atoms in total. The first-order chi connectivity index (χ1) is 10.1. The third kappa shape index (κ3) is 3.08. The number of benzene rings is 1.